The van der Waals surface area contributed by atoms with E-state index in [1.165, 1.54) is 10.6 Å². The molecule has 0 radical (unpaired) electrons. The molecule has 0 fully saturated rings. The minimum absolute atomic E-state index is 0.386. The number of allylic oxidation sites excluding steroid dienone is 2. The number of rotatable bonds is 6. The van der Waals surface area contributed by atoms with Crippen molar-refractivity contribution in [2.24, 2.45) is 0 Å². The topological polar surface area (TPSA) is 0 Å². The lowest BCUT2D eigenvalue weighted by Gasteiger charge is -2.24. The summed E-state index contributed by atoms with van der Waals surface area (Å²) in [5.41, 5.74) is 1.64. The molecular formula is C20H25P. The quantitative estimate of drug-likeness (QED) is 0.608. The third kappa shape index (κ3) is 3.83. The molecule has 0 heterocycles. The smallest absolute Gasteiger partial charge is 0.0154 e. The lowest BCUT2D eigenvalue weighted by molar-refractivity contribution is 0.945. The van der Waals surface area contributed by atoms with Gasteiger partial charge in [-0.2, -0.15) is 0 Å². The van der Waals surface area contributed by atoms with Gasteiger partial charge < -0.3 is 0 Å². The predicted molar refractivity (Wildman–Crippen MR) is 97.0 cm³/mol. The van der Waals surface area contributed by atoms with Crippen molar-refractivity contribution in [3.05, 3.63) is 71.6 Å². The maximum absolute atomic E-state index is 2.31. The molecule has 1 heteroatoms. The van der Waals surface area contributed by atoms with E-state index in [0.717, 1.165) is 19.3 Å². The fourth-order valence-electron chi connectivity index (χ4n) is 2.84. The van der Waals surface area contributed by atoms with E-state index >= 15 is 0 Å². The van der Waals surface area contributed by atoms with Crippen LogP contribution >= 0.6 is 7.92 Å². The summed E-state index contributed by atoms with van der Waals surface area (Å²) in [6.07, 6.45) is 3.48. The van der Waals surface area contributed by atoms with Crippen LogP contribution in [0.3, 0.4) is 0 Å². The van der Waals surface area contributed by atoms with Crippen LogP contribution < -0.4 is 10.6 Å². The fraction of sp³-hybridized carbons (Fsp3) is 0.300. The monoisotopic (exact) mass is 296 g/mol. The molecule has 110 valence electrons. The summed E-state index contributed by atoms with van der Waals surface area (Å²) in [6.45, 7) is 6.89. The van der Waals surface area contributed by atoms with Crippen molar-refractivity contribution in [2.75, 3.05) is 0 Å². The van der Waals surface area contributed by atoms with Gasteiger partial charge in [0.1, 0.15) is 0 Å². The molecule has 2 rings (SSSR count). The van der Waals surface area contributed by atoms with Crippen LogP contribution in [0.25, 0.3) is 0 Å². The summed E-state index contributed by atoms with van der Waals surface area (Å²) in [4.78, 5) is 0. The van der Waals surface area contributed by atoms with Crippen molar-refractivity contribution in [1.29, 1.82) is 0 Å². The second kappa shape index (κ2) is 8.15. The van der Waals surface area contributed by atoms with Gasteiger partial charge in [0, 0.05) is 0 Å². The average Bonchev–Trinajstić information content (AvgIpc) is 2.56. The molecule has 21 heavy (non-hydrogen) atoms. The van der Waals surface area contributed by atoms with E-state index in [1.807, 2.05) is 0 Å². The Hall–Kier alpha value is -1.39. The van der Waals surface area contributed by atoms with E-state index in [4.69, 9.17) is 0 Å². The van der Waals surface area contributed by atoms with Crippen LogP contribution in [0, 0.1) is 0 Å². The van der Waals surface area contributed by atoms with Crippen LogP contribution in [0.2, 0.25) is 0 Å². The molecule has 0 bridgehead atoms. The van der Waals surface area contributed by atoms with Gasteiger partial charge >= 0.3 is 0 Å². The molecule has 0 spiro atoms. The van der Waals surface area contributed by atoms with Crippen LogP contribution in [-0.2, 0) is 0 Å². The van der Waals surface area contributed by atoms with Gasteiger partial charge in [0.05, 0.1) is 0 Å². The summed E-state index contributed by atoms with van der Waals surface area (Å²) in [6, 6.07) is 22.0. The third-order valence-electron chi connectivity index (χ3n) is 3.90. The highest BCUT2D eigenvalue weighted by Gasteiger charge is 2.19. The maximum Gasteiger partial charge on any atom is -0.0154 e. The third-order valence-corrected chi connectivity index (χ3v) is 6.70. The van der Waals surface area contributed by atoms with Gasteiger partial charge in [0.2, 0.25) is 0 Å². The standard InChI is InChI=1S/C20H25P/c1-4-17(5-2)20(6-3)21(18-13-9-7-10-14-18)19-15-11-8-12-16-19/h7-16H,4-6H2,1-3H3. The fourth-order valence-corrected chi connectivity index (χ4v) is 5.65. The Labute approximate surface area is 130 Å². The SMILES string of the molecule is CCC(CC)=C(CC)P(c1ccccc1)c1ccccc1. The van der Waals surface area contributed by atoms with E-state index in [2.05, 4.69) is 81.4 Å². The van der Waals surface area contributed by atoms with Gasteiger partial charge in [-0.05, 0) is 43.1 Å². The van der Waals surface area contributed by atoms with Crippen molar-refractivity contribution in [3.8, 4) is 0 Å². The summed E-state index contributed by atoms with van der Waals surface area (Å²) in [5, 5.41) is 4.59. The van der Waals surface area contributed by atoms with Crippen LogP contribution in [0.1, 0.15) is 40.0 Å². The van der Waals surface area contributed by atoms with Gasteiger partial charge in [0.15, 0.2) is 0 Å². The zero-order valence-electron chi connectivity index (χ0n) is 13.3. The molecule has 0 N–H and O–H groups in total. The first-order valence-corrected chi connectivity index (χ1v) is 9.27. The zero-order valence-corrected chi connectivity index (χ0v) is 14.2. The molecule has 0 unspecified atom stereocenters. The number of hydrogen-bond donors (Lipinski definition) is 0. The number of benzene rings is 2. The van der Waals surface area contributed by atoms with Crippen molar-refractivity contribution < 1.29 is 0 Å². The Morgan fingerprint density at radius 3 is 1.43 bits per heavy atom. The number of hydrogen-bond acceptors (Lipinski definition) is 0. The summed E-state index contributed by atoms with van der Waals surface area (Å²) in [7, 11) is -0.386. The molecular weight excluding hydrogens is 271 g/mol. The minimum Gasteiger partial charge on any atom is -0.0665 e. The normalized spacial score (nSPS) is 10.7. The summed E-state index contributed by atoms with van der Waals surface area (Å²) < 4.78 is 0. The van der Waals surface area contributed by atoms with E-state index < -0.39 is 0 Å². The van der Waals surface area contributed by atoms with Gasteiger partial charge in [-0.25, -0.2) is 0 Å². The zero-order chi connectivity index (χ0) is 15.1. The maximum atomic E-state index is 2.31. The Bertz CT molecular complexity index is 524. The first kappa shape index (κ1) is 16.0. The van der Waals surface area contributed by atoms with Crippen LogP contribution in [-0.4, -0.2) is 0 Å². The molecule has 0 nitrogen and oxygen atoms in total. The van der Waals surface area contributed by atoms with Crippen molar-refractivity contribution in [3.63, 3.8) is 0 Å². The lowest BCUT2D eigenvalue weighted by Crippen LogP contribution is -2.13. The highest BCUT2D eigenvalue weighted by Crippen LogP contribution is 2.47. The van der Waals surface area contributed by atoms with E-state index in [1.54, 1.807) is 10.9 Å². The van der Waals surface area contributed by atoms with Crippen LogP contribution in [0.15, 0.2) is 71.6 Å². The molecule has 0 saturated heterocycles. The van der Waals surface area contributed by atoms with Crippen LogP contribution in [0.5, 0.6) is 0 Å². The molecule has 0 atom stereocenters. The Kier molecular flexibility index (Phi) is 6.21. The average molecular weight is 296 g/mol. The second-order valence-electron chi connectivity index (χ2n) is 5.12. The van der Waals surface area contributed by atoms with Crippen molar-refractivity contribution >= 4 is 18.5 Å². The van der Waals surface area contributed by atoms with Crippen molar-refractivity contribution in [1.82, 2.24) is 0 Å². The van der Waals surface area contributed by atoms with E-state index in [9.17, 15) is 0 Å². The second-order valence-corrected chi connectivity index (χ2v) is 7.36. The molecule has 0 saturated carbocycles. The summed E-state index contributed by atoms with van der Waals surface area (Å²) >= 11 is 0. The largest absolute Gasteiger partial charge is 0.0665 e. The van der Waals surface area contributed by atoms with Gasteiger partial charge in [-0.1, -0.05) is 87.0 Å². The van der Waals surface area contributed by atoms with Crippen LogP contribution in [0.4, 0.5) is 0 Å². The minimum atomic E-state index is -0.386. The highest BCUT2D eigenvalue weighted by molar-refractivity contribution is 7.76. The predicted octanol–water partition coefficient (Wildman–Crippen LogP) is 5.60. The highest BCUT2D eigenvalue weighted by atomic mass is 31.1. The Morgan fingerprint density at radius 2 is 1.10 bits per heavy atom. The summed E-state index contributed by atoms with van der Waals surface area (Å²) in [5.74, 6) is 0. The molecule has 0 aliphatic rings. The lowest BCUT2D eigenvalue weighted by atomic mass is 10.1. The van der Waals surface area contributed by atoms with Gasteiger partial charge in [-0.3, -0.25) is 0 Å². The van der Waals surface area contributed by atoms with E-state index in [-0.39, 0.29) is 7.92 Å². The van der Waals surface area contributed by atoms with Gasteiger partial charge in [0.25, 0.3) is 0 Å². The molecule has 0 aliphatic carbocycles. The molecule has 0 aromatic heterocycles. The van der Waals surface area contributed by atoms with Gasteiger partial charge in [-0.15, -0.1) is 0 Å². The van der Waals surface area contributed by atoms with E-state index in [0.29, 0.717) is 0 Å². The molecule has 0 amide bonds. The Morgan fingerprint density at radius 1 is 0.667 bits per heavy atom. The van der Waals surface area contributed by atoms with Crippen molar-refractivity contribution in [2.45, 2.75) is 40.0 Å². The molecule has 0 aliphatic heterocycles. The molecule has 2 aromatic rings. The first-order chi connectivity index (χ1) is 10.3. The Balaban J connectivity index is 2.59. The molecule has 2 aromatic carbocycles. The first-order valence-electron chi connectivity index (χ1n) is 7.92.